The smallest absolute Gasteiger partial charge is 0.226 e. The van der Waals surface area contributed by atoms with E-state index >= 15 is 0 Å². The molecule has 9 heteroatoms. The Balaban J connectivity index is 1.28. The van der Waals surface area contributed by atoms with Gasteiger partial charge in [0.1, 0.15) is 17.0 Å². The number of morpholine rings is 1. The number of aliphatic imine (C=N–C) groups is 1. The minimum absolute atomic E-state index is 0.0209. The third-order valence-corrected chi connectivity index (χ3v) is 8.72. The third-order valence-electron chi connectivity index (χ3n) is 6.90. The van der Waals surface area contributed by atoms with Crippen molar-refractivity contribution in [2.45, 2.75) is 51.9 Å². The molecular weight excluding hydrogens is 514 g/mol. The molecule has 0 radical (unpaired) electrons. The molecular formula is C25H26BrN5O2S. The Morgan fingerprint density at radius 2 is 2.06 bits per heavy atom. The highest BCUT2D eigenvalue weighted by molar-refractivity contribution is 9.10. The van der Waals surface area contributed by atoms with Gasteiger partial charge in [0.15, 0.2) is 0 Å². The van der Waals surface area contributed by atoms with Gasteiger partial charge in [0.25, 0.3) is 0 Å². The SMILES string of the molecule is C[C@@H]1CN(C(=O)[C@H]2CCc3c(sc4ncnc(Nc5cc6c(cc5Br)CN=C6)c34)C2)C[C@H](C)O1. The van der Waals surface area contributed by atoms with E-state index in [-0.39, 0.29) is 24.0 Å². The van der Waals surface area contributed by atoms with Gasteiger partial charge in [0.05, 0.1) is 29.8 Å². The molecule has 1 aliphatic carbocycles. The Bertz CT molecular complexity index is 1310. The number of thiophene rings is 1. The Morgan fingerprint density at radius 1 is 1.24 bits per heavy atom. The van der Waals surface area contributed by atoms with Crippen LogP contribution in [0.25, 0.3) is 10.2 Å². The molecule has 3 aromatic rings. The van der Waals surface area contributed by atoms with E-state index in [4.69, 9.17) is 4.74 Å². The number of ether oxygens (including phenoxy) is 1. The summed E-state index contributed by atoms with van der Waals surface area (Å²) in [7, 11) is 0. The van der Waals surface area contributed by atoms with Crippen molar-refractivity contribution < 1.29 is 9.53 Å². The summed E-state index contributed by atoms with van der Waals surface area (Å²) in [6, 6.07) is 4.23. The number of rotatable bonds is 3. The van der Waals surface area contributed by atoms with Crippen molar-refractivity contribution in [2.75, 3.05) is 18.4 Å². The predicted molar refractivity (Wildman–Crippen MR) is 138 cm³/mol. The number of carbonyl (C=O) groups is 1. The summed E-state index contributed by atoms with van der Waals surface area (Å²) in [5.74, 6) is 1.10. The molecule has 0 spiro atoms. The maximum absolute atomic E-state index is 13.3. The molecule has 0 saturated carbocycles. The maximum Gasteiger partial charge on any atom is 0.226 e. The first-order valence-corrected chi connectivity index (χ1v) is 13.4. The largest absolute Gasteiger partial charge is 0.372 e. The first kappa shape index (κ1) is 22.1. The van der Waals surface area contributed by atoms with Gasteiger partial charge in [-0.15, -0.1) is 11.3 Å². The zero-order valence-electron chi connectivity index (χ0n) is 19.2. The lowest BCUT2D eigenvalue weighted by molar-refractivity contribution is -0.147. The number of anilines is 2. The van der Waals surface area contributed by atoms with Crippen LogP contribution in [0.4, 0.5) is 11.5 Å². The van der Waals surface area contributed by atoms with Crippen LogP contribution in [0.5, 0.6) is 0 Å². The molecule has 2 aliphatic heterocycles. The second-order valence-corrected chi connectivity index (χ2v) is 11.4. The normalized spacial score (nSPS) is 23.7. The van der Waals surface area contributed by atoms with Crippen LogP contribution in [-0.4, -0.2) is 52.3 Å². The van der Waals surface area contributed by atoms with Crippen LogP contribution in [0.15, 0.2) is 27.9 Å². The van der Waals surface area contributed by atoms with E-state index in [1.165, 1.54) is 16.0 Å². The predicted octanol–water partition coefficient (Wildman–Crippen LogP) is 4.87. The highest BCUT2D eigenvalue weighted by Gasteiger charge is 2.34. The third kappa shape index (κ3) is 3.93. The summed E-state index contributed by atoms with van der Waals surface area (Å²) < 4.78 is 6.81. The van der Waals surface area contributed by atoms with Gasteiger partial charge in [-0.2, -0.15) is 0 Å². The van der Waals surface area contributed by atoms with E-state index in [1.807, 2.05) is 25.0 Å². The number of fused-ring (bicyclic) bond motifs is 4. The molecule has 3 aliphatic rings. The Morgan fingerprint density at radius 3 is 2.88 bits per heavy atom. The molecule has 7 nitrogen and oxygen atoms in total. The van der Waals surface area contributed by atoms with Crippen LogP contribution in [-0.2, 0) is 28.9 Å². The molecule has 34 heavy (non-hydrogen) atoms. The van der Waals surface area contributed by atoms with Gasteiger partial charge >= 0.3 is 0 Å². The van der Waals surface area contributed by atoms with Crippen LogP contribution in [0.2, 0.25) is 0 Å². The standard InChI is InChI=1S/C25H26BrN5O2S/c1-13-10-31(11-14(2)33-13)25(32)15-3-4-18-21(7-15)34-24-22(18)23(28-12-29-24)30-20-6-17-9-27-8-16(17)5-19(20)26/h5-6,9,12-15H,3-4,7-8,10-11H2,1-2H3,(H,28,29,30)/t13-,14+,15-/m0/s1. The van der Waals surface area contributed by atoms with Crippen LogP contribution in [0, 0.1) is 5.92 Å². The molecule has 1 fully saturated rings. The number of amides is 1. The lowest BCUT2D eigenvalue weighted by Gasteiger charge is -2.37. The lowest BCUT2D eigenvalue weighted by atomic mass is 9.86. The zero-order valence-corrected chi connectivity index (χ0v) is 21.6. The minimum Gasteiger partial charge on any atom is -0.372 e. The van der Waals surface area contributed by atoms with Crippen molar-refractivity contribution >= 4 is 61.1 Å². The van der Waals surface area contributed by atoms with Crippen LogP contribution >= 0.6 is 27.3 Å². The number of hydrogen-bond acceptors (Lipinski definition) is 7. The number of halogens is 1. The van der Waals surface area contributed by atoms with Crippen molar-refractivity contribution in [3.05, 3.63) is 44.5 Å². The number of carbonyl (C=O) groups excluding carboxylic acids is 1. The molecule has 1 saturated heterocycles. The lowest BCUT2D eigenvalue weighted by Crippen LogP contribution is -2.50. The zero-order chi connectivity index (χ0) is 23.4. The van der Waals surface area contributed by atoms with Gasteiger partial charge in [-0.1, -0.05) is 0 Å². The summed E-state index contributed by atoms with van der Waals surface area (Å²) >= 11 is 5.40. The van der Waals surface area contributed by atoms with Gasteiger partial charge < -0.3 is 15.0 Å². The molecule has 6 rings (SSSR count). The molecule has 1 aromatic carbocycles. The highest BCUT2D eigenvalue weighted by atomic mass is 79.9. The van der Waals surface area contributed by atoms with Gasteiger partial charge in [0.2, 0.25) is 5.91 Å². The average molecular weight is 540 g/mol. The molecule has 0 unspecified atom stereocenters. The van der Waals surface area contributed by atoms with Gasteiger partial charge in [-0.25, -0.2) is 9.97 Å². The molecule has 1 N–H and O–H groups in total. The van der Waals surface area contributed by atoms with E-state index in [2.05, 4.69) is 48.3 Å². The highest BCUT2D eigenvalue weighted by Crippen LogP contribution is 2.41. The quantitative estimate of drug-likeness (QED) is 0.513. The van der Waals surface area contributed by atoms with Crippen LogP contribution in [0.3, 0.4) is 0 Å². The fourth-order valence-corrected chi connectivity index (χ4v) is 7.14. The number of benzene rings is 1. The molecule has 2 aromatic heterocycles. The molecule has 176 valence electrons. The van der Waals surface area contributed by atoms with E-state index in [0.29, 0.717) is 13.1 Å². The fourth-order valence-electron chi connectivity index (χ4n) is 5.39. The van der Waals surface area contributed by atoms with Gasteiger partial charge in [-0.3, -0.25) is 9.79 Å². The van der Waals surface area contributed by atoms with Crippen molar-refractivity contribution in [3.63, 3.8) is 0 Å². The number of aryl methyl sites for hydroxylation is 1. The topological polar surface area (TPSA) is 79.7 Å². The number of nitrogens with zero attached hydrogens (tertiary/aromatic N) is 4. The Hall–Kier alpha value is -2.36. The molecule has 4 heterocycles. The van der Waals surface area contributed by atoms with E-state index in [0.717, 1.165) is 57.6 Å². The molecule has 1 amide bonds. The fraction of sp³-hybridized carbons (Fsp3) is 0.440. The number of hydrogen-bond donors (Lipinski definition) is 1. The monoisotopic (exact) mass is 539 g/mol. The van der Waals surface area contributed by atoms with Crippen LogP contribution in [0.1, 0.15) is 41.8 Å². The first-order chi connectivity index (χ1) is 16.5. The Labute approximate surface area is 210 Å². The van der Waals surface area contributed by atoms with E-state index < -0.39 is 0 Å². The summed E-state index contributed by atoms with van der Waals surface area (Å²) in [5, 5.41) is 4.62. The van der Waals surface area contributed by atoms with Crippen molar-refractivity contribution in [3.8, 4) is 0 Å². The van der Waals surface area contributed by atoms with Gasteiger partial charge in [-0.05, 0) is 77.9 Å². The second-order valence-electron chi connectivity index (χ2n) is 9.47. The molecule has 0 bridgehead atoms. The van der Waals surface area contributed by atoms with E-state index in [1.54, 1.807) is 17.7 Å². The summed E-state index contributed by atoms with van der Waals surface area (Å²) in [4.78, 5) is 31.1. The van der Waals surface area contributed by atoms with Crippen molar-refractivity contribution in [1.29, 1.82) is 0 Å². The number of aromatic nitrogens is 2. The van der Waals surface area contributed by atoms with E-state index in [9.17, 15) is 4.79 Å². The van der Waals surface area contributed by atoms with Crippen molar-refractivity contribution in [2.24, 2.45) is 10.9 Å². The Kier molecular flexibility index (Phi) is 5.66. The summed E-state index contributed by atoms with van der Waals surface area (Å²) in [5.41, 5.74) is 4.61. The summed E-state index contributed by atoms with van der Waals surface area (Å²) in [6.07, 6.45) is 6.20. The van der Waals surface area contributed by atoms with Crippen molar-refractivity contribution in [1.82, 2.24) is 14.9 Å². The van der Waals surface area contributed by atoms with Gasteiger partial charge in [0, 0.05) is 34.6 Å². The average Bonchev–Trinajstić information content (AvgIpc) is 3.41. The van der Waals surface area contributed by atoms with Crippen LogP contribution < -0.4 is 5.32 Å². The first-order valence-electron chi connectivity index (χ1n) is 11.7. The minimum atomic E-state index is 0.0209. The maximum atomic E-state index is 13.3. The molecule has 3 atom stereocenters. The summed E-state index contributed by atoms with van der Waals surface area (Å²) in [6.45, 7) is 6.17. The second kappa shape index (κ2) is 8.70. The number of nitrogens with one attached hydrogen (secondary N) is 1.